The molecular weight excluding hydrogens is 386 g/mol. The molecule has 29 heavy (non-hydrogen) atoms. The molecule has 0 spiro atoms. The van der Waals surface area contributed by atoms with E-state index in [0.29, 0.717) is 17.4 Å². The number of carboxylic acids is 3. The van der Waals surface area contributed by atoms with Crippen LogP contribution in [0.4, 0.5) is 11.4 Å². The smallest absolute Gasteiger partial charge is 0.336 e. The third kappa shape index (κ3) is 3.37. The summed E-state index contributed by atoms with van der Waals surface area (Å²) in [5, 5.41) is 29.0. The minimum absolute atomic E-state index is 0.00497. The first-order chi connectivity index (χ1) is 13.6. The van der Waals surface area contributed by atoms with Crippen molar-refractivity contribution in [1.29, 1.82) is 0 Å². The number of ketones is 1. The highest BCUT2D eigenvalue weighted by Gasteiger charge is 2.28. The van der Waals surface area contributed by atoms with Gasteiger partial charge in [-0.3, -0.25) is 9.59 Å². The van der Waals surface area contributed by atoms with Crippen molar-refractivity contribution in [1.82, 2.24) is 5.53 Å². The summed E-state index contributed by atoms with van der Waals surface area (Å²) in [5.41, 5.74) is 3.49. The largest absolute Gasteiger partial charge is 0.478 e. The number of rotatable bonds is 5. The Hall–Kier alpha value is -4.25. The monoisotopic (exact) mass is 399 g/mol. The minimum Gasteiger partial charge on any atom is -0.478 e. The standard InChI is InChI=1S/C18H13N3O8/c1-7(22)21-14-3-2-8(4-13(14)19-20-21)15(23)9-5-11(17(26)27)12(18(28)29)6-10(9)16(24)25/h2-6,19-20H,1H3,(H,24,25)(H,26,27)(H,28,29). The van der Waals surface area contributed by atoms with Crippen molar-refractivity contribution in [2.45, 2.75) is 6.92 Å². The van der Waals surface area contributed by atoms with E-state index in [-0.39, 0.29) is 11.5 Å². The molecule has 0 aliphatic carbocycles. The van der Waals surface area contributed by atoms with E-state index in [0.717, 1.165) is 6.07 Å². The lowest BCUT2D eigenvalue weighted by molar-refractivity contribution is -0.117. The molecule has 2 aromatic carbocycles. The van der Waals surface area contributed by atoms with Gasteiger partial charge in [-0.2, -0.15) is 0 Å². The molecule has 1 heterocycles. The number of hydrazine groups is 2. The van der Waals surface area contributed by atoms with Crippen molar-refractivity contribution < 1.29 is 39.3 Å². The fourth-order valence-electron chi connectivity index (χ4n) is 2.87. The highest BCUT2D eigenvalue weighted by atomic mass is 16.4. The maximum atomic E-state index is 12.9. The third-order valence-electron chi connectivity index (χ3n) is 4.21. The molecule has 1 aliphatic heterocycles. The number of benzene rings is 2. The van der Waals surface area contributed by atoms with Crippen LogP contribution in [0.2, 0.25) is 0 Å². The average Bonchev–Trinajstić information content (AvgIpc) is 3.09. The number of carboxylic acid groups (broad SMARTS) is 3. The van der Waals surface area contributed by atoms with Gasteiger partial charge in [0.05, 0.1) is 28.1 Å². The normalized spacial score (nSPS) is 12.1. The quantitative estimate of drug-likeness (QED) is 0.460. The Morgan fingerprint density at radius 3 is 1.83 bits per heavy atom. The summed E-state index contributed by atoms with van der Waals surface area (Å²) in [6.07, 6.45) is 0. The van der Waals surface area contributed by atoms with E-state index in [2.05, 4.69) is 11.0 Å². The lowest BCUT2D eigenvalue weighted by atomic mass is 9.92. The number of hydrogen-bond donors (Lipinski definition) is 5. The Balaban J connectivity index is 2.13. The molecule has 0 bridgehead atoms. The van der Waals surface area contributed by atoms with Gasteiger partial charge in [-0.05, 0) is 30.3 Å². The topological polar surface area (TPSA) is 173 Å². The average molecular weight is 399 g/mol. The lowest BCUT2D eigenvalue weighted by Crippen LogP contribution is -2.39. The molecule has 5 N–H and O–H groups in total. The second kappa shape index (κ2) is 7.05. The molecule has 0 saturated carbocycles. The summed E-state index contributed by atoms with van der Waals surface area (Å²) in [6, 6.07) is 5.51. The fraction of sp³-hybridized carbons (Fsp3) is 0.0556. The molecule has 0 radical (unpaired) electrons. The number of amides is 1. The first-order valence-corrected chi connectivity index (χ1v) is 8.00. The predicted molar refractivity (Wildman–Crippen MR) is 97.1 cm³/mol. The molecule has 1 amide bonds. The number of carbonyl (C=O) groups excluding carboxylic acids is 2. The van der Waals surface area contributed by atoms with E-state index in [1.165, 1.54) is 30.1 Å². The number of nitrogens with zero attached hydrogens (tertiary/aromatic N) is 1. The minimum atomic E-state index is -1.64. The number of aromatic carboxylic acids is 3. The summed E-state index contributed by atoms with van der Waals surface area (Å²) in [6.45, 7) is 1.32. The van der Waals surface area contributed by atoms with Crippen LogP contribution in [0.25, 0.3) is 0 Å². The molecule has 0 aromatic heterocycles. The Morgan fingerprint density at radius 1 is 0.793 bits per heavy atom. The van der Waals surface area contributed by atoms with Gasteiger partial charge < -0.3 is 20.7 Å². The molecule has 3 rings (SSSR count). The van der Waals surface area contributed by atoms with Gasteiger partial charge in [0.2, 0.25) is 5.91 Å². The van der Waals surface area contributed by atoms with Gasteiger partial charge in [0.1, 0.15) is 0 Å². The second-order valence-corrected chi connectivity index (χ2v) is 6.01. The van der Waals surface area contributed by atoms with Crippen molar-refractivity contribution in [3.05, 3.63) is 58.1 Å². The van der Waals surface area contributed by atoms with E-state index in [4.69, 9.17) is 5.11 Å². The Bertz CT molecular complexity index is 1110. The van der Waals surface area contributed by atoms with Crippen LogP contribution in [0.1, 0.15) is 53.9 Å². The molecule has 11 nitrogen and oxygen atoms in total. The van der Waals surface area contributed by atoms with Gasteiger partial charge in [-0.15, -0.1) is 5.53 Å². The molecule has 1 aliphatic rings. The van der Waals surface area contributed by atoms with E-state index >= 15 is 0 Å². The van der Waals surface area contributed by atoms with Gasteiger partial charge in [-0.25, -0.2) is 19.4 Å². The van der Waals surface area contributed by atoms with Gasteiger partial charge in [0.25, 0.3) is 0 Å². The predicted octanol–water partition coefficient (Wildman–Crippen LogP) is 1.21. The molecular formula is C18H13N3O8. The molecule has 2 aromatic rings. The van der Waals surface area contributed by atoms with Crippen LogP contribution in [-0.4, -0.2) is 44.9 Å². The number of hydrogen-bond acceptors (Lipinski definition) is 7. The van der Waals surface area contributed by atoms with Crippen LogP contribution in [-0.2, 0) is 4.79 Å². The van der Waals surface area contributed by atoms with Crippen LogP contribution < -0.4 is 16.0 Å². The molecule has 11 heteroatoms. The van der Waals surface area contributed by atoms with E-state index < -0.39 is 45.9 Å². The first-order valence-electron chi connectivity index (χ1n) is 8.00. The summed E-state index contributed by atoms with van der Waals surface area (Å²) in [7, 11) is 0. The molecule has 0 unspecified atom stereocenters. The van der Waals surface area contributed by atoms with Crippen LogP contribution in [0.3, 0.4) is 0 Å². The van der Waals surface area contributed by atoms with E-state index in [1.54, 1.807) is 0 Å². The van der Waals surface area contributed by atoms with Crippen molar-refractivity contribution in [2.24, 2.45) is 0 Å². The Labute approximate surface area is 162 Å². The van der Waals surface area contributed by atoms with Gasteiger partial charge in [0.15, 0.2) is 5.78 Å². The number of fused-ring (bicyclic) bond motifs is 1. The summed E-state index contributed by atoms with van der Waals surface area (Å²) >= 11 is 0. The highest BCUT2D eigenvalue weighted by Crippen LogP contribution is 2.31. The van der Waals surface area contributed by atoms with Crippen molar-refractivity contribution in [3.63, 3.8) is 0 Å². The van der Waals surface area contributed by atoms with Crippen molar-refractivity contribution in [3.8, 4) is 0 Å². The maximum absolute atomic E-state index is 12.9. The van der Waals surface area contributed by atoms with E-state index in [9.17, 15) is 34.2 Å². The third-order valence-corrected chi connectivity index (χ3v) is 4.21. The Kier molecular flexibility index (Phi) is 4.74. The first kappa shape index (κ1) is 19.5. The molecule has 0 atom stereocenters. The number of nitrogens with one attached hydrogen (secondary N) is 2. The zero-order valence-corrected chi connectivity index (χ0v) is 14.7. The van der Waals surface area contributed by atoms with E-state index in [1.807, 2.05) is 0 Å². The second-order valence-electron chi connectivity index (χ2n) is 6.01. The molecule has 0 saturated heterocycles. The lowest BCUT2D eigenvalue weighted by Gasteiger charge is -2.13. The van der Waals surface area contributed by atoms with Crippen LogP contribution >= 0.6 is 0 Å². The van der Waals surface area contributed by atoms with Gasteiger partial charge in [-0.1, -0.05) is 0 Å². The number of carbonyl (C=O) groups is 5. The zero-order valence-electron chi connectivity index (χ0n) is 14.7. The van der Waals surface area contributed by atoms with Crippen LogP contribution in [0.5, 0.6) is 0 Å². The summed E-state index contributed by atoms with van der Waals surface area (Å²) in [5.74, 6) is -5.99. The van der Waals surface area contributed by atoms with Crippen molar-refractivity contribution >= 4 is 41.0 Å². The summed E-state index contributed by atoms with van der Waals surface area (Å²) < 4.78 is 0. The maximum Gasteiger partial charge on any atom is 0.336 e. The number of anilines is 2. The molecule has 0 fully saturated rings. The highest BCUT2D eigenvalue weighted by molar-refractivity contribution is 6.17. The molecule has 148 valence electrons. The van der Waals surface area contributed by atoms with Gasteiger partial charge >= 0.3 is 17.9 Å². The van der Waals surface area contributed by atoms with Gasteiger partial charge in [0, 0.05) is 18.1 Å². The fourth-order valence-corrected chi connectivity index (χ4v) is 2.87. The van der Waals surface area contributed by atoms with Crippen LogP contribution in [0.15, 0.2) is 30.3 Å². The van der Waals surface area contributed by atoms with Crippen molar-refractivity contribution in [2.75, 3.05) is 10.4 Å². The van der Waals surface area contributed by atoms with Crippen LogP contribution in [0, 0.1) is 0 Å². The Morgan fingerprint density at radius 2 is 1.31 bits per heavy atom. The zero-order chi connectivity index (χ0) is 21.5. The summed E-state index contributed by atoms with van der Waals surface area (Å²) in [4.78, 5) is 58.7. The SMILES string of the molecule is CC(=O)N1NNc2cc(C(=O)c3cc(C(=O)O)c(C(=O)O)cc3C(=O)O)ccc21.